The highest BCUT2D eigenvalue weighted by molar-refractivity contribution is 9.50. The molecule has 1 unspecified atom stereocenters. The van der Waals surface area contributed by atoms with Crippen LogP contribution in [0.1, 0.15) is 13.8 Å². The largest absolute Gasteiger partial charge is 0.809 e. The lowest BCUT2D eigenvalue weighted by molar-refractivity contribution is -0.167. The Morgan fingerprint density at radius 3 is 2.10 bits per heavy atom. The van der Waals surface area contributed by atoms with Crippen molar-refractivity contribution >= 4 is 43.4 Å². The SMILES string of the molecule is CC(C)N(SBr)P(C)([O-])=S. The van der Waals surface area contributed by atoms with Crippen LogP contribution in [0.2, 0.25) is 0 Å². The highest BCUT2D eigenvalue weighted by atomic mass is 79.9. The van der Waals surface area contributed by atoms with Crippen LogP contribution < -0.4 is 4.89 Å². The van der Waals surface area contributed by atoms with E-state index in [9.17, 15) is 4.89 Å². The van der Waals surface area contributed by atoms with Crippen LogP contribution in [0.3, 0.4) is 0 Å². The van der Waals surface area contributed by atoms with E-state index in [1.807, 2.05) is 13.8 Å². The Kier molecular flexibility index (Phi) is 5.05. The second-order valence-electron chi connectivity index (χ2n) is 2.27. The fourth-order valence-corrected chi connectivity index (χ4v) is 6.87. The fourth-order valence-electron chi connectivity index (χ4n) is 0.555. The van der Waals surface area contributed by atoms with Gasteiger partial charge in [-0.15, -0.1) is 0 Å². The number of halogens is 1. The van der Waals surface area contributed by atoms with Gasteiger partial charge in [-0.25, -0.2) is 4.08 Å². The van der Waals surface area contributed by atoms with Crippen LogP contribution in [-0.4, -0.2) is 16.8 Å². The van der Waals surface area contributed by atoms with Gasteiger partial charge in [0.05, 0.1) is 0 Å². The van der Waals surface area contributed by atoms with Crippen molar-refractivity contribution in [3.8, 4) is 0 Å². The molecular weight excluding hydrogens is 253 g/mol. The van der Waals surface area contributed by atoms with Gasteiger partial charge in [-0.05, 0) is 20.5 Å². The van der Waals surface area contributed by atoms with Gasteiger partial charge in [0.25, 0.3) is 0 Å². The molecule has 0 aromatic carbocycles. The molecule has 0 spiro atoms. The first kappa shape index (κ1) is 11.4. The molecule has 0 aliphatic heterocycles. The van der Waals surface area contributed by atoms with Crippen molar-refractivity contribution in [2.75, 3.05) is 6.66 Å². The molecule has 0 amide bonds. The van der Waals surface area contributed by atoms with Crippen LogP contribution in [0.15, 0.2) is 0 Å². The lowest BCUT2D eigenvalue weighted by atomic mass is 10.4. The second-order valence-corrected chi connectivity index (χ2v) is 8.01. The average Bonchev–Trinajstić information content (AvgIpc) is 1.60. The third-order valence-corrected chi connectivity index (χ3v) is 6.24. The minimum absolute atomic E-state index is 0.206. The molecule has 0 aliphatic carbocycles. The normalized spacial score (nSPS) is 17.9. The predicted octanol–water partition coefficient (Wildman–Crippen LogP) is 1.95. The summed E-state index contributed by atoms with van der Waals surface area (Å²) in [6, 6.07) is 0.206. The van der Waals surface area contributed by atoms with Crippen molar-refractivity contribution in [1.29, 1.82) is 0 Å². The lowest BCUT2D eigenvalue weighted by Crippen LogP contribution is -2.24. The standard InChI is InChI=1S/C4H11BrNOPS2/c1-4(2)6(10-5)8(3,7)9/h4H,1-3H3,(H,7,9)/p-1. The average molecular weight is 263 g/mol. The summed E-state index contributed by atoms with van der Waals surface area (Å²) in [5.74, 6) is 0. The zero-order valence-electron chi connectivity index (χ0n) is 6.07. The van der Waals surface area contributed by atoms with Gasteiger partial charge in [-0.3, -0.25) is 0 Å². The Morgan fingerprint density at radius 1 is 1.70 bits per heavy atom. The molecule has 0 fully saturated rings. The lowest BCUT2D eigenvalue weighted by Gasteiger charge is -2.37. The Balaban J connectivity index is 4.22. The number of hydrogen-bond acceptors (Lipinski definition) is 3. The molecule has 2 nitrogen and oxygen atoms in total. The molecule has 10 heavy (non-hydrogen) atoms. The van der Waals surface area contributed by atoms with Crippen molar-refractivity contribution < 1.29 is 4.89 Å². The topological polar surface area (TPSA) is 26.3 Å². The zero-order valence-corrected chi connectivity index (χ0v) is 10.2. The minimum Gasteiger partial charge on any atom is -0.809 e. The summed E-state index contributed by atoms with van der Waals surface area (Å²) >= 11 is 7.97. The first-order chi connectivity index (χ1) is 4.39. The summed E-state index contributed by atoms with van der Waals surface area (Å²) in [5, 5.41) is 0. The van der Waals surface area contributed by atoms with Crippen molar-refractivity contribution in [2.24, 2.45) is 0 Å². The maximum absolute atomic E-state index is 11.3. The molecule has 1 atom stereocenters. The Morgan fingerprint density at radius 2 is 2.10 bits per heavy atom. The summed E-state index contributed by atoms with van der Waals surface area (Å²) in [5.41, 5.74) is 0. The van der Waals surface area contributed by atoms with Crippen LogP contribution >= 0.6 is 31.6 Å². The molecule has 6 heteroatoms. The van der Waals surface area contributed by atoms with E-state index in [1.165, 1.54) is 10.4 Å². The number of nitrogens with zero attached hydrogens (tertiary/aromatic N) is 1. The molecular formula is C4H10BrNOPS2-. The first-order valence-electron chi connectivity index (χ1n) is 2.76. The third-order valence-electron chi connectivity index (χ3n) is 0.871. The summed E-state index contributed by atoms with van der Waals surface area (Å²) in [4.78, 5) is 11.3. The third kappa shape index (κ3) is 3.69. The van der Waals surface area contributed by atoms with Gasteiger partial charge < -0.3 is 4.89 Å². The molecule has 0 aromatic rings. The molecule has 0 heterocycles. The van der Waals surface area contributed by atoms with Crippen LogP contribution in [0, 0.1) is 0 Å². The summed E-state index contributed by atoms with van der Waals surface area (Å²) in [6.45, 7) is 5.49. The quantitative estimate of drug-likeness (QED) is 0.574. The maximum atomic E-state index is 11.3. The van der Waals surface area contributed by atoms with E-state index in [2.05, 4.69) is 14.8 Å². The smallest absolute Gasteiger partial charge is 0.0189 e. The van der Waals surface area contributed by atoms with E-state index in [0.29, 0.717) is 0 Å². The Hall–Kier alpha value is 1.40. The van der Waals surface area contributed by atoms with E-state index in [4.69, 9.17) is 11.8 Å². The Labute approximate surface area is 78.9 Å². The van der Waals surface area contributed by atoms with Crippen LogP contribution in [0.5, 0.6) is 0 Å². The first-order valence-corrected chi connectivity index (χ1v) is 8.50. The maximum Gasteiger partial charge on any atom is 0.0189 e. The van der Waals surface area contributed by atoms with Crippen molar-refractivity contribution in [2.45, 2.75) is 19.9 Å². The summed E-state index contributed by atoms with van der Waals surface area (Å²) in [6.07, 6.45) is -2.50. The van der Waals surface area contributed by atoms with Gasteiger partial charge in [0, 0.05) is 31.2 Å². The molecule has 0 aliphatic rings. The highest BCUT2D eigenvalue weighted by Gasteiger charge is 2.12. The molecule has 62 valence electrons. The fraction of sp³-hybridized carbons (Fsp3) is 1.00. The minimum atomic E-state index is -2.50. The Bertz CT molecular complexity index is 148. The van der Waals surface area contributed by atoms with E-state index in [1.54, 1.807) is 10.7 Å². The van der Waals surface area contributed by atoms with Gasteiger partial charge in [0.1, 0.15) is 0 Å². The molecule has 0 saturated carbocycles. The molecule has 0 bridgehead atoms. The second kappa shape index (κ2) is 4.43. The molecule has 0 radical (unpaired) electrons. The molecule has 0 rings (SSSR count). The van der Waals surface area contributed by atoms with Crippen LogP contribution in [0.4, 0.5) is 0 Å². The predicted molar refractivity (Wildman–Crippen MR) is 53.7 cm³/mol. The van der Waals surface area contributed by atoms with Gasteiger partial charge in [-0.1, -0.05) is 18.2 Å². The molecule has 0 saturated heterocycles. The van der Waals surface area contributed by atoms with Crippen molar-refractivity contribution in [3.63, 3.8) is 0 Å². The van der Waals surface area contributed by atoms with Crippen molar-refractivity contribution in [1.82, 2.24) is 4.08 Å². The molecule has 0 aromatic heterocycles. The highest BCUT2D eigenvalue weighted by Crippen LogP contribution is 2.46. The number of rotatable bonds is 3. The van der Waals surface area contributed by atoms with Gasteiger partial charge in [0.15, 0.2) is 0 Å². The molecule has 0 N–H and O–H groups in total. The zero-order chi connectivity index (χ0) is 8.36. The van der Waals surface area contributed by atoms with Gasteiger partial charge in [0.2, 0.25) is 0 Å². The summed E-state index contributed by atoms with van der Waals surface area (Å²) in [7, 11) is 1.26. The van der Waals surface area contributed by atoms with Gasteiger partial charge in [-0.2, -0.15) is 0 Å². The summed E-state index contributed by atoms with van der Waals surface area (Å²) < 4.78 is 1.68. The van der Waals surface area contributed by atoms with E-state index < -0.39 is 6.42 Å². The monoisotopic (exact) mass is 262 g/mol. The van der Waals surface area contributed by atoms with Crippen LogP contribution in [0.25, 0.3) is 0 Å². The van der Waals surface area contributed by atoms with E-state index >= 15 is 0 Å². The van der Waals surface area contributed by atoms with Crippen LogP contribution in [-0.2, 0) is 11.8 Å². The van der Waals surface area contributed by atoms with E-state index in [-0.39, 0.29) is 6.04 Å². The van der Waals surface area contributed by atoms with E-state index in [0.717, 1.165) is 0 Å². The number of hydrogen-bond donors (Lipinski definition) is 0. The van der Waals surface area contributed by atoms with Gasteiger partial charge >= 0.3 is 0 Å². The van der Waals surface area contributed by atoms with Crippen molar-refractivity contribution in [3.05, 3.63) is 0 Å².